The van der Waals surface area contributed by atoms with Crippen LogP contribution in [0.1, 0.15) is 30.0 Å². The third-order valence-electron chi connectivity index (χ3n) is 2.84. The standard InChI is InChI=1S/C12H13BrN2/c13-11-4-1-3-10-9(11)5-6-12(10)15-8-2-7-14/h1,3-4,12,15H,2,5-6,8H2. The van der Waals surface area contributed by atoms with E-state index in [-0.39, 0.29) is 0 Å². The Morgan fingerprint density at radius 1 is 1.53 bits per heavy atom. The zero-order chi connectivity index (χ0) is 10.7. The van der Waals surface area contributed by atoms with E-state index < -0.39 is 0 Å². The second-order valence-corrected chi connectivity index (χ2v) is 4.62. The van der Waals surface area contributed by atoms with E-state index in [1.165, 1.54) is 15.6 Å². The minimum atomic E-state index is 0.436. The fraction of sp³-hybridized carbons (Fsp3) is 0.417. The van der Waals surface area contributed by atoms with Crippen LogP contribution in [0.3, 0.4) is 0 Å². The van der Waals surface area contributed by atoms with Gasteiger partial charge in [-0.3, -0.25) is 0 Å². The topological polar surface area (TPSA) is 35.8 Å². The molecule has 3 heteroatoms. The highest BCUT2D eigenvalue weighted by atomic mass is 79.9. The Morgan fingerprint density at radius 3 is 3.20 bits per heavy atom. The summed E-state index contributed by atoms with van der Waals surface area (Å²) < 4.78 is 1.21. The first-order valence-electron chi connectivity index (χ1n) is 5.20. The van der Waals surface area contributed by atoms with E-state index in [4.69, 9.17) is 5.26 Å². The fourth-order valence-corrected chi connectivity index (χ4v) is 2.70. The molecule has 2 nitrogen and oxygen atoms in total. The van der Waals surface area contributed by atoms with E-state index in [0.717, 1.165) is 19.4 Å². The number of halogens is 1. The van der Waals surface area contributed by atoms with Gasteiger partial charge in [0.05, 0.1) is 6.07 Å². The molecule has 1 unspecified atom stereocenters. The van der Waals surface area contributed by atoms with Crippen LogP contribution in [0.15, 0.2) is 22.7 Å². The molecular weight excluding hydrogens is 252 g/mol. The number of benzene rings is 1. The largest absolute Gasteiger partial charge is 0.309 e. The summed E-state index contributed by atoms with van der Waals surface area (Å²) in [5.41, 5.74) is 2.81. The van der Waals surface area contributed by atoms with Crippen LogP contribution in [0.25, 0.3) is 0 Å². The van der Waals surface area contributed by atoms with Gasteiger partial charge in [0.1, 0.15) is 0 Å². The predicted octanol–water partition coefficient (Wildman–Crippen LogP) is 2.94. The van der Waals surface area contributed by atoms with Crippen molar-refractivity contribution in [3.8, 4) is 6.07 Å². The average molecular weight is 265 g/mol. The summed E-state index contributed by atoms with van der Waals surface area (Å²) in [6, 6.07) is 8.94. The Hall–Kier alpha value is -0.850. The lowest BCUT2D eigenvalue weighted by Crippen LogP contribution is -2.19. The van der Waals surface area contributed by atoms with Gasteiger partial charge in [0, 0.05) is 23.5 Å². The molecule has 0 aromatic heterocycles. The molecule has 1 atom stereocenters. The Labute approximate surface area is 98.4 Å². The molecule has 1 aliphatic carbocycles. The van der Waals surface area contributed by atoms with Gasteiger partial charge in [-0.15, -0.1) is 0 Å². The second-order valence-electron chi connectivity index (χ2n) is 3.76. The number of nitrogens with one attached hydrogen (secondary N) is 1. The summed E-state index contributed by atoms with van der Waals surface area (Å²) in [5, 5.41) is 11.9. The number of nitriles is 1. The molecule has 1 aromatic carbocycles. The van der Waals surface area contributed by atoms with Crippen LogP contribution in [0.5, 0.6) is 0 Å². The monoisotopic (exact) mass is 264 g/mol. The van der Waals surface area contributed by atoms with Crippen molar-refractivity contribution in [1.29, 1.82) is 5.26 Å². The van der Waals surface area contributed by atoms with Gasteiger partial charge in [-0.05, 0) is 30.0 Å². The molecule has 15 heavy (non-hydrogen) atoms. The molecule has 1 aliphatic rings. The number of hydrogen-bond donors (Lipinski definition) is 1. The zero-order valence-corrected chi connectivity index (χ0v) is 10.0. The lowest BCUT2D eigenvalue weighted by atomic mass is 10.1. The van der Waals surface area contributed by atoms with Crippen LogP contribution < -0.4 is 5.32 Å². The Morgan fingerprint density at radius 2 is 2.40 bits per heavy atom. The molecule has 0 radical (unpaired) electrons. The molecule has 0 aliphatic heterocycles. The molecule has 0 saturated heterocycles. The van der Waals surface area contributed by atoms with E-state index in [2.05, 4.69) is 45.5 Å². The third-order valence-corrected chi connectivity index (χ3v) is 3.58. The van der Waals surface area contributed by atoms with Crippen LogP contribution in [0.2, 0.25) is 0 Å². The molecule has 0 heterocycles. The van der Waals surface area contributed by atoms with Crippen molar-refractivity contribution in [3.63, 3.8) is 0 Å². The summed E-state index contributed by atoms with van der Waals surface area (Å²) in [7, 11) is 0. The molecule has 0 saturated carbocycles. The first-order chi connectivity index (χ1) is 7.33. The molecule has 2 rings (SSSR count). The SMILES string of the molecule is N#CCCNC1CCc2c(Br)cccc21. The summed E-state index contributed by atoms with van der Waals surface area (Å²) >= 11 is 3.58. The van der Waals surface area contributed by atoms with E-state index >= 15 is 0 Å². The maximum Gasteiger partial charge on any atom is 0.0635 e. The van der Waals surface area contributed by atoms with Gasteiger partial charge in [0.15, 0.2) is 0 Å². The highest BCUT2D eigenvalue weighted by Gasteiger charge is 2.22. The van der Waals surface area contributed by atoms with Crippen LogP contribution in [-0.4, -0.2) is 6.54 Å². The fourth-order valence-electron chi connectivity index (χ4n) is 2.12. The second kappa shape index (κ2) is 4.78. The highest BCUT2D eigenvalue weighted by molar-refractivity contribution is 9.10. The maximum atomic E-state index is 8.48. The lowest BCUT2D eigenvalue weighted by Gasteiger charge is -2.12. The van der Waals surface area contributed by atoms with Crippen molar-refractivity contribution in [1.82, 2.24) is 5.32 Å². The van der Waals surface area contributed by atoms with Crippen molar-refractivity contribution in [2.24, 2.45) is 0 Å². The van der Waals surface area contributed by atoms with Crippen LogP contribution in [0, 0.1) is 11.3 Å². The minimum Gasteiger partial charge on any atom is -0.309 e. The van der Waals surface area contributed by atoms with Gasteiger partial charge in [0.25, 0.3) is 0 Å². The number of fused-ring (bicyclic) bond motifs is 1. The number of nitrogens with zero attached hydrogens (tertiary/aromatic N) is 1. The quantitative estimate of drug-likeness (QED) is 0.853. The van der Waals surface area contributed by atoms with Gasteiger partial charge in [0.2, 0.25) is 0 Å². The highest BCUT2D eigenvalue weighted by Crippen LogP contribution is 2.35. The van der Waals surface area contributed by atoms with Crippen molar-refractivity contribution in [3.05, 3.63) is 33.8 Å². The Kier molecular flexibility index (Phi) is 3.40. The molecule has 1 aromatic rings. The molecule has 78 valence electrons. The zero-order valence-electron chi connectivity index (χ0n) is 8.46. The average Bonchev–Trinajstić information content (AvgIpc) is 2.64. The van der Waals surface area contributed by atoms with E-state index in [1.54, 1.807) is 0 Å². The van der Waals surface area contributed by atoms with Crippen molar-refractivity contribution < 1.29 is 0 Å². The van der Waals surface area contributed by atoms with E-state index in [9.17, 15) is 0 Å². The Balaban J connectivity index is 2.09. The Bertz CT molecular complexity index is 395. The van der Waals surface area contributed by atoms with E-state index in [0.29, 0.717) is 12.5 Å². The lowest BCUT2D eigenvalue weighted by molar-refractivity contribution is 0.538. The van der Waals surface area contributed by atoms with Crippen molar-refractivity contribution in [2.45, 2.75) is 25.3 Å². The smallest absolute Gasteiger partial charge is 0.0635 e. The summed E-state index contributed by atoms with van der Waals surface area (Å²) in [6.07, 6.45) is 2.85. The first kappa shape index (κ1) is 10.7. The summed E-state index contributed by atoms with van der Waals surface area (Å²) in [6.45, 7) is 0.785. The van der Waals surface area contributed by atoms with Crippen LogP contribution in [-0.2, 0) is 6.42 Å². The molecule has 0 spiro atoms. The van der Waals surface area contributed by atoms with Gasteiger partial charge >= 0.3 is 0 Å². The van der Waals surface area contributed by atoms with Gasteiger partial charge in [-0.2, -0.15) is 5.26 Å². The van der Waals surface area contributed by atoms with Gasteiger partial charge in [-0.1, -0.05) is 28.1 Å². The van der Waals surface area contributed by atoms with Gasteiger partial charge in [-0.25, -0.2) is 0 Å². The van der Waals surface area contributed by atoms with E-state index in [1.807, 2.05) is 0 Å². The molecule has 0 fully saturated rings. The summed E-state index contributed by atoms with van der Waals surface area (Å²) in [5.74, 6) is 0. The van der Waals surface area contributed by atoms with Gasteiger partial charge < -0.3 is 5.32 Å². The first-order valence-corrected chi connectivity index (χ1v) is 6.00. The minimum absolute atomic E-state index is 0.436. The molecule has 1 N–H and O–H groups in total. The normalized spacial score (nSPS) is 18.5. The van der Waals surface area contributed by atoms with Crippen LogP contribution >= 0.6 is 15.9 Å². The molecule has 0 bridgehead atoms. The number of hydrogen-bond acceptors (Lipinski definition) is 2. The molecule has 0 amide bonds. The van der Waals surface area contributed by atoms with Crippen LogP contribution in [0.4, 0.5) is 0 Å². The predicted molar refractivity (Wildman–Crippen MR) is 63.4 cm³/mol. The van der Waals surface area contributed by atoms with Crippen molar-refractivity contribution >= 4 is 15.9 Å². The third kappa shape index (κ3) is 2.22. The van der Waals surface area contributed by atoms with Crippen molar-refractivity contribution in [2.75, 3.05) is 6.54 Å². The number of rotatable bonds is 3. The maximum absolute atomic E-state index is 8.48. The summed E-state index contributed by atoms with van der Waals surface area (Å²) in [4.78, 5) is 0. The molecular formula is C12H13BrN2.